The van der Waals surface area contributed by atoms with Gasteiger partial charge in [-0.15, -0.1) is 5.10 Å². The van der Waals surface area contributed by atoms with E-state index in [2.05, 4.69) is 20.7 Å². The Morgan fingerprint density at radius 3 is 2.47 bits per heavy atom. The van der Waals surface area contributed by atoms with E-state index in [0.29, 0.717) is 5.65 Å². The van der Waals surface area contributed by atoms with E-state index in [-0.39, 0.29) is 17.9 Å². The SMILES string of the molecule is COC(=O)c1ccc2nc(NC(=O)[C@H](Cc3ccccc3)NC(=O)OC(C)(C)C)nn2c1. The summed E-state index contributed by atoms with van der Waals surface area (Å²) in [5, 5.41) is 9.40. The highest BCUT2D eigenvalue weighted by atomic mass is 16.6. The molecule has 2 heterocycles. The lowest BCUT2D eigenvalue weighted by atomic mass is 10.1. The fraction of sp³-hybridized carbons (Fsp3) is 0.318. The van der Waals surface area contributed by atoms with Crippen molar-refractivity contribution in [2.24, 2.45) is 0 Å². The van der Waals surface area contributed by atoms with Gasteiger partial charge in [0.05, 0.1) is 12.7 Å². The van der Waals surface area contributed by atoms with Gasteiger partial charge in [0.1, 0.15) is 11.6 Å². The predicted molar refractivity (Wildman–Crippen MR) is 116 cm³/mol. The first-order chi connectivity index (χ1) is 15.1. The molecule has 0 aliphatic heterocycles. The Morgan fingerprint density at radius 1 is 1.09 bits per heavy atom. The number of fused-ring (bicyclic) bond motifs is 1. The number of hydrogen-bond donors (Lipinski definition) is 2. The van der Waals surface area contributed by atoms with Crippen LogP contribution < -0.4 is 10.6 Å². The van der Waals surface area contributed by atoms with E-state index >= 15 is 0 Å². The zero-order valence-corrected chi connectivity index (χ0v) is 18.3. The molecule has 0 fully saturated rings. The Bertz CT molecular complexity index is 1120. The van der Waals surface area contributed by atoms with Gasteiger partial charge >= 0.3 is 12.1 Å². The monoisotopic (exact) mass is 439 g/mol. The maximum Gasteiger partial charge on any atom is 0.408 e. The van der Waals surface area contributed by atoms with Crippen molar-refractivity contribution >= 4 is 29.6 Å². The number of anilines is 1. The zero-order chi connectivity index (χ0) is 23.3. The topological polar surface area (TPSA) is 124 Å². The summed E-state index contributed by atoms with van der Waals surface area (Å²) in [7, 11) is 1.28. The van der Waals surface area contributed by atoms with Crippen LogP contribution in [0.4, 0.5) is 10.7 Å². The number of aromatic nitrogens is 3. The molecule has 32 heavy (non-hydrogen) atoms. The molecule has 2 N–H and O–H groups in total. The number of benzene rings is 1. The van der Waals surface area contributed by atoms with E-state index in [1.807, 2.05) is 30.3 Å². The van der Waals surface area contributed by atoms with Crippen molar-refractivity contribution in [1.29, 1.82) is 0 Å². The van der Waals surface area contributed by atoms with Crippen LogP contribution in [0.1, 0.15) is 36.7 Å². The standard InChI is InChI=1S/C22H25N5O5/c1-22(2,3)32-21(30)23-16(12-14-8-6-5-7-9-14)18(28)25-20-24-17-11-10-15(19(29)31-4)13-27(17)26-20/h5-11,13,16H,12H2,1-4H3,(H,23,30)(H,25,26,28)/t16-/m0/s1. The van der Waals surface area contributed by atoms with Crippen molar-refractivity contribution in [2.45, 2.75) is 38.8 Å². The van der Waals surface area contributed by atoms with Crippen LogP contribution in [-0.2, 0) is 20.7 Å². The van der Waals surface area contributed by atoms with Crippen LogP contribution in [0.5, 0.6) is 0 Å². The van der Waals surface area contributed by atoms with Gasteiger partial charge in [-0.05, 0) is 38.5 Å². The van der Waals surface area contributed by atoms with Crippen LogP contribution in [0.2, 0.25) is 0 Å². The minimum atomic E-state index is -0.926. The number of rotatable bonds is 6. The number of nitrogens with zero attached hydrogens (tertiary/aromatic N) is 3. The second kappa shape index (κ2) is 9.46. The third-order valence-electron chi connectivity index (χ3n) is 4.28. The molecule has 0 unspecified atom stereocenters. The summed E-state index contributed by atoms with van der Waals surface area (Å²) in [4.78, 5) is 41.2. The first kappa shape index (κ1) is 22.7. The Hall–Kier alpha value is -3.95. The lowest BCUT2D eigenvalue weighted by Gasteiger charge is -2.23. The van der Waals surface area contributed by atoms with Gasteiger partial charge < -0.3 is 14.8 Å². The molecule has 0 bridgehead atoms. The number of methoxy groups -OCH3 is 1. The molecule has 1 aromatic carbocycles. The van der Waals surface area contributed by atoms with E-state index in [0.717, 1.165) is 5.56 Å². The van der Waals surface area contributed by atoms with Gasteiger partial charge in [-0.3, -0.25) is 10.1 Å². The molecule has 3 aromatic rings. The fourth-order valence-corrected chi connectivity index (χ4v) is 2.88. The lowest BCUT2D eigenvalue weighted by Crippen LogP contribution is -2.47. The molecule has 0 spiro atoms. The molecule has 10 nitrogen and oxygen atoms in total. The maximum absolute atomic E-state index is 13.0. The predicted octanol–water partition coefficient (Wildman–Crippen LogP) is 2.59. The van der Waals surface area contributed by atoms with E-state index in [4.69, 9.17) is 9.47 Å². The highest BCUT2D eigenvalue weighted by Gasteiger charge is 2.25. The number of ether oxygens (including phenoxy) is 2. The highest BCUT2D eigenvalue weighted by Crippen LogP contribution is 2.12. The molecular weight excluding hydrogens is 414 g/mol. The fourth-order valence-electron chi connectivity index (χ4n) is 2.88. The van der Waals surface area contributed by atoms with Gasteiger partial charge in [-0.25, -0.2) is 14.1 Å². The summed E-state index contributed by atoms with van der Waals surface area (Å²) in [6, 6.07) is 11.5. The summed E-state index contributed by atoms with van der Waals surface area (Å²) >= 11 is 0. The van der Waals surface area contributed by atoms with Crippen molar-refractivity contribution < 1.29 is 23.9 Å². The number of carbonyl (C=O) groups is 3. The Balaban J connectivity index is 1.78. The van der Waals surface area contributed by atoms with Crippen LogP contribution in [0.3, 0.4) is 0 Å². The second-order valence-corrected chi connectivity index (χ2v) is 8.03. The molecule has 0 saturated heterocycles. The summed E-state index contributed by atoms with van der Waals surface area (Å²) in [5.74, 6) is -0.998. The normalized spacial score (nSPS) is 12.1. The van der Waals surface area contributed by atoms with Crippen molar-refractivity contribution in [3.63, 3.8) is 0 Å². The van der Waals surface area contributed by atoms with Crippen molar-refractivity contribution in [1.82, 2.24) is 19.9 Å². The third-order valence-corrected chi connectivity index (χ3v) is 4.28. The van der Waals surface area contributed by atoms with E-state index < -0.39 is 29.6 Å². The first-order valence-electron chi connectivity index (χ1n) is 9.93. The largest absolute Gasteiger partial charge is 0.465 e. The minimum absolute atomic E-state index is 0.0288. The molecule has 0 aliphatic carbocycles. The quantitative estimate of drug-likeness (QED) is 0.566. The number of esters is 1. The van der Waals surface area contributed by atoms with E-state index in [1.165, 1.54) is 17.8 Å². The average molecular weight is 439 g/mol. The van der Waals surface area contributed by atoms with Gasteiger partial charge in [0.15, 0.2) is 5.65 Å². The molecule has 2 amide bonds. The molecule has 10 heteroatoms. The number of hydrogen-bond acceptors (Lipinski definition) is 7. The molecule has 3 rings (SSSR count). The molecule has 2 aromatic heterocycles. The Morgan fingerprint density at radius 2 is 1.81 bits per heavy atom. The Labute approximate surface area is 184 Å². The third kappa shape index (κ3) is 6.03. The summed E-state index contributed by atoms with van der Waals surface area (Å²) in [5.41, 5.74) is 0.858. The van der Waals surface area contributed by atoms with Crippen molar-refractivity contribution in [3.8, 4) is 0 Å². The number of carbonyl (C=O) groups excluding carboxylic acids is 3. The second-order valence-electron chi connectivity index (χ2n) is 8.03. The molecule has 0 aliphatic rings. The molecule has 1 atom stereocenters. The van der Waals surface area contributed by atoms with Crippen LogP contribution >= 0.6 is 0 Å². The molecular formula is C22H25N5O5. The maximum atomic E-state index is 13.0. The lowest BCUT2D eigenvalue weighted by molar-refractivity contribution is -0.118. The summed E-state index contributed by atoms with van der Waals surface area (Å²) in [6.45, 7) is 5.21. The minimum Gasteiger partial charge on any atom is -0.465 e. The Kier molecular flexibility index (Phi) is 6.72. The van der Waals surface area contributed by atoms with Gasteiger partial charge in [-0.1, -0.05) is 30.3 Å². The van der Waals surface area contributed by atoms with Gasteiger partial charge in [0, 0.05) is 12.6 Å². The average Bonchev–Trinajstić information content (AvgIpc) is 3.13. The summed E-state index contributed by atoms with van der Waals surface area (Å²) in [6.07, 6.45) is 0.981. The smallest absolute Gasteiger partial charge is 0.408 e. The first-order valence-corrected chi connectivity index (χ1v) is 9.93. The number of amides is 2. The van der Waals surface area contributed by atoms with E-state index in [9.17, 15) is 14.4 Å². The molecule has 168 valence electrons. The van der Waals surface area contributed by atoms with E-state index in [1.54, 1.807) is 32.9 Å². The van der Waals surface area contributed by atoms with Crippen LogP contribution in [0.25, 0.3) is 5.65 Å². The van der Waals surface area contributed by atoms with Gasteiger partial charge in [0.2, 0.25) is 11.9 Å². The highest BCUT2D eigenvalue weighted by molar-refractivity contribution is 5.95. The molecule has 0 radical (unpaired) electrons. The van der Waals surface area contributed by atoms with Crippen molar-refractivity contribution in [2.75, 3.05) is 12.4 Å². The molecule has 0 saturated carbocycles. The summed E-state index contributed by atoms with van der Waals surface area (Å²) < 4.78 is 11.3. The van der Waals surface area contributed by atoms with Gasteiger partial charge in [0.25, 0.3) is 0 Å². The number of nitrogens with one attached hydrogen (secondary N) is 2. The van der Waals surface area contributed by atoms with Crippen LogP contribution in [0.15, 0.2) is 48.7 Å². The van der Waals surface area contributed by atoms with Gasteiger partial charge in [-0.2, -0.15) is 4.98 Å². The zero-order valence-electron chi connectivity index (χ0n) is 18.3. The van der Waals surface area contributed by atoms with Crippen LogP contribution in [0, 0.1) is 0 Å². The number of alkyl carbamates (subject to hydrolysis) is 1. The van der Waals surface area contributed by atoms with Crippen molar-refractivity contribution in [3.05, 3.63) is 59.8 Å². The number of pyridine rings is 1. The van der Waals surface area contributed by atoms with Crippen LogP contribution in [-0.4, -0.2) is 51.3 Å².